The molecule has 0 saturated heterocycles. The van der Waals surface area contributed by atoms with Gasteiger partial charge in [0.25, 0.3) is 0 Å². The van der Waals surface area contributed by atoms with E-state index in [0.29, 0.717) is 0 Å². The van der Waals surface area contributed by atoms with Gasteiger partial charge in [0, 0.05) is 5.92 Å². The van der Waals surface area contributed by atoms with Gasteiger partial charge in [-0.3, -0.25) is 10.1 Å². The summed E-state index contributed by atoms with van der Waals surface area (Å²) < 4.78 is 0. The minimum absolute atomic E-state index is 0.113. The zero-order valence-electron chi connectivity index (χ0n) is 8.46. The van der Waals surface area contributed by atoms with E-state index in [0.717, 1.165) is 12.8 Å². The highest BCUT2D eigenvalue weighted by atomic mass is 16.2. The first kappa shape index (κ1) is 11.9. The van der Waals surface area contributed by atoms with E-state index >= 15 is 0 Å². The first-order chi connectivity index (χ1) is 6.02. The Kier molecular flexibility index (Phi) is 5.11. The molecule has 0 bridgehead atoms. The Bertz CT molecular complexity index is 192. The lowest BCUT2D eigenvalue weighted by atomic mass is 9.89. The summed E-state index contributed by atoms with van der Waals surface area (Å²) in [5, 5.41) is 2.11. The third-order valence-electron chi connectivity index (χ3n) is 2.35. The third kappa shape index (κ3) is 3.92. The minimum Gasteiger partial charge on any atom is -0.351 e. The molecule has 0 fully saturated rings. The minimum atomic E-state index is -0.772. The normalized spacial score (nSPS) is 14.7. The number of nitrogens with two attached hydrogens (primary N) is 1. The Morgan fingerprint density at radius 3 is 2.15 bits per heavy atom. The molecule has 0 aromatic rings. The Morgan fingerprint density at radius 2 is 1.85 bits per heavy atom. The fourth-order valence-electron chi connectivity index (χ4n) is 1.34. The summed E-state index contributed by atoms with van der Waals surface area (Å²) in [4.78, 5) is 21.8. The van der Waals surface area contributed by atoms with Crippen molar-refractivity contribution in [1.82, 2.24) is 5.32 Å². The lowest BCUT2D eigenvalue weighted by molar-refractivity contribution is -0.125. The fourth-order valence-corrected chi connectivity index (χ4v) is 1.34. The van der Waals surface area contributed by atoms with Crippen LogP contribution in [0.25, 0.3) is 0 Å². The molecule has 0 saturated carbocycles. The maximum Gasteiger partial charge on any atom is 0.318 e. The van der Waals surface area contributed by atoms with Crippen molar-refractivity contribution in [1.29, 1.82) is 0 Å². The number of hydrogen-bond acceptors (Lipinski definition) is 2. The van der Waals surface area contributed by atoms with Crippen molar-refractivity contribution in [3.63, 3.8) is 0 Å². The smallest absolute Gasteiger partial charge is 0.318 e. The summed E-state index contributed by atoms with van der Waals surface area (Å²) in [5.41, 5.74) is 4.86. The van der Waals surface area contributed by atoms with Gasteiger partial charge in [-0.1, -0.05) is 27.2 Å². The molecular weight excluding hydrogens is 168 g/mol. The fraction of sp³-hybridized carbons (Fsp3) is 0.778. The summed E-state index contributed by atoms with van der Waals surface area (Å²) in [7, 11) is 0. The molecule has 0 heterocycles. The van der Waals surface area contributed by atoms with Crippen LogP contribution >= 0.6 is 0 Å². The van der Waals surface area contributed by atoms with Crippen LogP contribution < -0.4 is 11.1 Å². The average Bonchev–Trinajstić information content (AvgIpc) is 2.03. The number of amides is 3. The van der Waals surface area contributed by atoms with Gasteiger partial charge in [-0.15, -0.1) is 0 Å². The molecule has 3 amide bonds. The molecule has 4 nitrogen and oxygen atoms in total. The molecule has 4 heteroatoms. The summed E-state index contributed by atoms with van der Waals surface area (Å²) in [6.07, 6.45) is 1.65. The quantitative estimate of drug-likeness (QED) is 0.693. The summed E-state index contributed by atoms with van der Waals surface area (Å²) in [6.45, 7) is 5.94. The van der Waals surface area contributed by atoms with Gasteiger partial charge < -0.3 is 5.73 Å². The van der Waals surface area contributed by atoms with Gasteiger partial charge >= 0.3 is 6.03 Å². The van der Waals surface area contributed by atoms with Crippen LogP contribution in [0.1, 0.15) is 33.6 Å². The number of hydrogen-bond donors (Lipinski definition) is 2. The van der Waals surface area contributed by atoms with E-state index in [1.807, 2.05) is 20.8 Å². The monoisotopic (exact) mass is 186 g/mol. The summed E-state index contributed by atoms with van der Waals surface area (Å²) in [6, 6.07) is -0.772. The van der Waals surface area contributed by atoms with Crippen LogP contribution in [-0.2, 0) is 4.79 Å². The molecule has 0 unspecified atom stereocenters. The number of urea groups is 1. The maximum absolute atomic E-state index is 11.4. The van der Waals surface area contributed by atoms with Crippen LogP contribution in [0.5, 0.6) is 0 Å². The second-order valence-electron chi connectivity index (χ2n) is 3.25. The van der Waals surface area contributed by atoms with E-state index in [1.165, 1.54) is 0 Å². The lowest BCUT2D eigenvalue weighted by Crippen LogP contribution is -2.40. The van der Waals surface area contributed by atoms with Crippen LogP contribution in [0.3, 0.4) is 0 Å². The van der Waals surface area contributed by atoms with Gasteiger partial charge in [0.05, 0.1) is 0 Å². The molecule has 2 atom stereocenters. The van der Waals surface area contributed by atoms with Crippen LogP contribution in [0.15, 0.2) is 0 Å². The zero-order chi connectivity index (χ0) is 10.4. The first-order valence-electron chi connectivity index (χ1n) is 4.63. The second kappa shape index (κ2) is 5.56. The highest BCUT2D eigenvalue weighted by Gasteiger charge is 2.22. The first-order valence-corrected chi connectivity index (χ1v) is 4.63. The molecule has 0 aromatic carbocycles. The van der Waals surface area contributed by atoms with Crippen molar-refractivity contribution >= 4 is 11.9 Å². The molecule has 0 radical (unpaired) electrons. The molecule has 13 heavy (non-hydrogen) atoms. The largest absolute Gasteiger partial charge is 0.351 e. The Hall–Kier alpha value is -1.06. The number of rotatable bonds is 4. The van der Waals surface area contributed by atoms with Gasteiger partial charge in [-0.25, -0.2) is 4.79 Å². The highest BCUT2D eigenvalue weighted by molar-refractivity contribution is 5.94. The van der Waals surface area contributed by atoms with Crippen LogP contribution in [0.4, 0.5) is 4.79 Å². The molecule has 76 valence electrons. The van der Waals surface area contributed by atoms with Crippen LogP contribution in [-0.4, -0.2) is 11.9 Å². The van der Waals surface area contributed by atoms with Gasteiger partial charge in [-0.05, 0) is 12.3 Å². The van der Waals surface area contributed by atoms with Crippen molar-refractivity contribution in [2.75, 3.05) is 0 Å². The van der Waals surface area contributed by atoms with Crippen LogP contribution in [0, 0.1) is 11.8 Å². The number of imide groups is 1. The molecule has 0 aromatic heterocycles. The molecule has 3 N–H and O–H groups in total. The predicted octanol–water partition coefficient (Wildman–Crippen LogP) is 1.25. The van der Waals surface area contributed by atoms with E-state index in [4.69, 9.17) is 5.73 Å². The zero-order valence-corrected chi connectivity index (χ0v) is 8.46. The van der Waals surface area contributed by atoms with Crippen LogP contribution in [0.2, 0.25) is 0 Å². The van der Waals surface area contributed by atoms with Crippen molar-refractivity contribution in [3.8, 4) is 0 Å². The van der Waals surface area contributed by atoms with Crippen molar-refractivity contribution in [2.45, 2.75) is 33.6 Å². The van der Waals surface area contributed by atoms with E-state index in [1.54, 1.807) is 0 Å². The standard InChI is InChI=1S/C9H18N2O2/c1-4-6(3)7(5-2)8(12)11-9(10)13/h6-7H,4-5H2,1-3H3,(H3,10,11,12,13)/t6-,7+/m0/s1. The van der Waals surface area contributed by atoms with Gasteiger partial charge in [-0.2, -0.15) is 0 Å². The lowest BCUT2D eigenvalue weighted by Gasteiger charge is -2.19. The Balaban J connectivity index is 4.22. The number of nitrogens with one attached hydrogen (secondary N) is 1. The predicted molar refractivity (Wildman–Crippen MR) is 51.0 cm³/mol. The van der Waals surface area contributed by atoms with Gasteiger partial charge in [0.15, 0.2) is 0 Å². The molecule has 0 spiro atoms. The Morgan fingerprint density at radius 1 is 1.31 bits per heavy atom. The SMILES string of the molecule is CC[C@H](C)[C@@H](CC)C(=O)NC(N)=O. The summed E-state index contributed by atoms with van der Waals surface area (Å²) in [5.74, 6) is -0.0915. The number of carbonyl (C=O) groups is 2. The van der Waals surface area contributed by atoms with Gasteiger partial charge in [0.1, 0.15) is 0 Å². The van der Waals surface area contributed by atoms with E-state index in [9.17, 15) is 9.59 Å². The molecular formula is C9H18N2O2. The van der Waals surface area contributed by atoms with Crippen molar-refractivity contribution < 1.29 is 9.59 Å². The van der Waals surface area contributed by atoms with E-state index in [2.05, 4.69) is 5.32 Å². The highest BCUT2D eigenvalue weighted by Crippen LogP contribution is 2.18. The topological polar surface area (TPSA) is 72.2 Å². The summed E-state index contributed by atoms with van der Waals surface area (Å²) >= 11 is 0. The average molecular weight is 186 g/mol. The number of carbonyl (C=O) groups excluding carboxylic acids is 2. The molecule has 0 rings (SSSR count). The third-order valence-corrected chi connectivity index (χ3v) is 2.35. The van der Waals surface area contributed by atoms with E-state index < -0.39 is 6.03 Å². The van der Waals surface area contributed by atoms with Crippen molar-refractivity contribution in [2.24, 2.45) is 17.6 Å². The van der Waals surface area contributed by atoms with Crippen molar-refractivity contribution in [3.05, 3.63) is 0 Å². The Labute approximate surface area is 78.9 Å². The maximum atomic E-state index is 11.4. The number of primary amides is 1. The molecule has 0 aliphatic heterocycles. The molecule has 0 aliphatic rings. The van der Waals surface area contributed by atoms with Gasteiger partial charge in [0.2, 0.25) is 5.91 Å². The van der Waals surface area contributed by atoms with E-state index in [-0.39, 0.29) is 17.7 Å². The second-order valence-corrected chi connectivity index (χ2v) is 3.25. The molecule has 0 aliphatic carbocycles.